The van der Waals surface area contributed by atoms with Crippen LogP contribution >= 0.6 is 0 Å². The van der Waals surface area contributed by atoms with Crippen LogP contribution in [-0.2, 0) is 50.9 Å². The molecule has 2 saturated heterocycles. The predicted octanol–water partition coefficient (Wildman–Crippen LogP) is 6.70. The molecule has 8 unspecified atom stereocenters. The summed E-state index contributed by atoms with van der Waals surface area (Å²) in [6.07, 6.45) is 8.72. The molecule has 2 saturated carbocycles. The average Bonchev–Trinajstić information content (AvgIpc) is 3.50. The molecule has 4 aliphatic carbocycles. The third-order valence-electron chi connectivity index (χ3n) is 14.0. The van der Waals surface area contributed by atoms with Crippen LogP contribution in [0.2, 0.25) is 0 Å². The highest BCUT2D eigenvalue weighted by Crippen LogP contribution is 2.60. The first-order valence-electron chi connectivity index (χ1n) is 22.6. The van der Waals surface area contributed by atoms with Gasteiger partial charge in [0, 0.05) is 44.2 Å². The molecule has 334 valence electrons. The molecule has 1 spiro atoms. The Labute approximate surface area is 365 Å². The van der Waals surface area contributed by atoms with Crippen molar-refractivity contribution in [3.8, 4) is 0 Å². The monoisotopic (exact) mass is 852 g/mol. The number of benzene rings is 2. The lowest BCUT2D eigenvalue weighted by atomic mass is 9.52. The third kappa shape index (κ3) is 9.73. The molecular weight excluding hydrogens is 789 g/mol. The van der Waals surface area contributed by atoms with Crippen molar-refractivity contribution >= 4 is 29.8 Å². The largest absolute Gasteiger partial charge is 0.460 e. The van der Waals surface area contributed by atoms with Gasteiger partial charge in [0.1, 0.15) is 23.9 Å². The highest BCUT2D eigenvalue weighted by Gasteiger charge is 2.57. The van der Waals surface area contributed by atoms with E-state index in [0.717, 1.165) is 48.8 Å². The molecule has 62 heavy (non-hydrogen) atoms. The van der Waals surface area contributed by atoms with E-state index in [1.54, 1.807) is 26.8 Å². The van der Waals surface area contributed by atoms with Crippen molar-refractivity contribution in [2.45, 2.75) is 160 Å². The lowest BCUT2D eigenvalue weighted by Gasteiger charge is -2.53. The number of fused-ring (bicyclic) bond motifs is 4. The zero-order chi connectivity index (χ0) is 44.0. The van der Waals surface area contributed by atoms with Crippen molar-refractivity contribution in [1.29, 1.82) is 0 Å². The Morgan fingerprint density at radius 1 is 0.952 bits per heavy atom. The highest BCUT2D eigenvalue weighted by atomic mass is 16.8. The van der Waals surface area contributed by atoms with Crippen molar-refractivity contribution in [2.24, 2.45) is 17.3 Å². The van der Waals surface area contributed by atoms with E-state index in [4.69, 9.17) is 23.7 Å². The van der Waals surface area contributed by atoms with E-state index in [9.17, 15) is 24.3 Å². The minimum atomic E-state index is -0.954. The second-order valence-electron chi connectivity index (χ2n) is 20.3. The van der Waals surface area contributed by atoms with Crippen LogP contribution in [0.4, 0.5) is 0 Å². The normalized spacial score (nSPS) is 30.1. The molecule has 0 aromatic heterocycles. The Balaban J connectivity index is 0.955. The number of aliphatic hydroxyl groups is 1. The second kappa shape index (κ2) is 17.3. The van der Waals surface area contributed by atoms with E-state index in [2.05, 4.69) is 49.6 Å². The zero-order valence-corrected chi connectivity index (χ0v) is 37.1. The number of hydrogen-bond donors (Lipinski definition) is 3. The first-order chi connectivity index (χ1) is 29.4. The topological polar surface area (TPSA) is 162 Å². The van der Waals surface area contributed by atoms with Gasteiger partial charge < -0.3 is 39.4 Å². The molecule has 0 bridgehead atoms. The lowest BCUT2D eigenvalue weighted by molar-refractivity contribution is -0.172. The fourth-order valence-corrected chi connectivity index (χ4v) is 10.7. The van der Waals surface area contributed by atoms with E-state index in [1.165, 1.54) is 5.57 Å². The highest BCUT2D eigenvalue weighted by molar-refractivity contribution is 5.95. The summed E-state index contributed by atoms with van der Waals surface area (Å²) in [6.45, 7) is 12.0. The summed E-state index contributed by atoms with van der Waals surface area (Å²) in [5, 5.41) is 15.4. The number of ether oxygens (including phenoxy) is 5. The summed E-state index contributed by atoms with van der Waals surface area (Å²) >= 11 is 0. The molecule has 0 radical (unpaired) electrons. The van der Waals surface area contributed by atoms with Crippen LogP contribution in [0.5, 0.6) is 0 Å². The third-order valence-corrected chi connectivity index (χ3v) is 14.0. The lowest BCUT2D eigenvalue weighted by Crippen LogP contribution is -2.45. The van der Waals surface area contributed by atoms with Gasteiger partial charge in [0.15, 0.2) is 5.79 Å². The Hall–Kier alpha value is -4.36. The fourth-order valence-electron chi connectivity index (χ4n) is 10.7. The van der Waals surface area contributed by atoms with Crippen molar-refractivity contribution in [2.75, 3.05) is 13.2 Å². The number of aliphatic hydroxyl groups excluding tert-OH is 1. The van der Waals surface area contributed by atoms with E-state index >= 15 is 0 Å². The number of epoxide rings is 1. The molecule has 8 atom stereocenters. The molecule has 2 aromatic rings. The summed E-state index contributed by atoms with van der Waals surface area (Å²) in [5.74, 6) is -1.63. The fraction of sp³-hybridized carbons (Fsp3) is 0.600. The van der Waals surface area contributed by atoms with Gasteiger partial charge in [0.25, 0.3) is 0 Å². The molecule has 3 N–H and O–H groups in total. The van der Waals surface area contributed by atoms with Crippen LogP contribution < -0.4 is 10.6 Å². The average molecular weight is 853 g/mol. The van der Waals surface area contributed by atoms with Crippen molar-refractivity contribution < 1.29 is 48.0 Å². The summed E-state index contributed by atoms with van der Waals surface area (Å²) in [5.41, 5.74) is 4.88. The van der Waals surface area contributed by atoms with Gasteiger partial charge in [0.2, 0.25) is 11.8 Å². The number of amides is 2. The minimum absolute atomic E-state index is 0.0224. The molecule has 4 fully saturated rings. The maximum absolute atomic E-state index is 14.4. The van der Waals surface area contributed by atoms with Gasteiger partial charge >= 0.3 is 11.9 Å². The molecule has 12 nitrogen and oxygen atoms in total. The Kier molecular flexibility index (Phi) is 12.4. The molecule has 2 aromatic carbocycles. The minimum Gasteiger partial charge on any atom is -0.460 e. The van der Waals surface area contributed by atoms with E-state index in [0.29, 0.717) is 35.8 Å². The smallest absolute Gasteiger partial charge is 0.339 e. The SMILES string of the molecule is CC(C)(C)OC(=O)CCC(CO)NC(=O)CCNC(=O)C1=CC2OC3(Cc4ccccc4C3)OC2C(OC(=O)c2ccccc2C=C2CCC3OC3(C)CCC3C2CC3(C)C)C1. The quantitative estimate of drug-likeness (QED) is 0.155. The van der Waals surface area contributed by atoms with Gasteiger partial charge in [-0.1, -0.05) is 68.0 Å². The van der Waals surface area contributed by atoms with Crippen LogP contribution in [-0.4, -0.2) is 89.5 Å². The van der Waals surface area contributed by atoms with Crippen molar-refractivity contribution in [1.82, 2.24) is 10.6 Å². The van der Waals surface area contributed by atoms with Gasteiger partial charge in [-0.3, -0.25) is 14.4 Å². The molecule has 2 heterocycles. The number of carbonyl (C=O) groups is 4. The van der Waals surface area contributed by atoms with Crippen molar-refractivity contribution in [3.63, 3.8) is 0 Å². The van der Waals surface area contributed by atoms with E-state index < -0.39 is 53.6 Å². The molecule has 8 rings (SSSR count). The predicted molar refractivity (Wildman–Crippen MR) is 231 cm³/mol. The first-order valence-corrected chi connectivity index (χ1v) is 22.6. The summed E-state index contributed by atoms with van der Waals surface area (Å²) in [6, 6.07) is 15.1. The van der Waals surface area contributed by atoms with Crippen molar-refractivity contribution in [3.05, 3.63) is 88.0 Å². The Bertz CT molecular complexity index is 2090. The number of allylic oxidation sites excluding steroid dienone is 1. The van der Waals surface area contributed by atoms with Gasteiger partial charge in [-0.05, 0) is 112 Å². The molecular formula is C50H64N2O10. The Morgan fingerprint density at radius 2 is 1.68 bits per heavy atom. The zero-order valence-electron chi connectivity index (χ0n) is 37.1. The van der Waals surface area contributed by atoms with Gasteiger partial charge in [-0.15, -0.1) is 0 Å². The molecule has 12 heteroatoms. The summed E-state index contributed by atoms with van der Waals surface area (Å²) in [4.78, 5) is 53.2. The van der Waals surface area contributed by atoms with Crippen LogP contribution in [0.1, 0.15) is 126 Å². The molecule has 2 amide bonds. The van der Waals surface area contributed by atoms with E-state index in [-0.39, 0.29) is 61.9 Å². The van der Waals surface area contributed by atoms with Gasteiger partial charge in [-0.2, -0.15) is 0 Å². The van der Waals surface area contributed by atoms with Gasteiger partial charge in [-0.25, -0.2) is 4.79 Å². The summed E-state index contributed by atoms with van der Waals surface area (Å²) in [7, 11) is 0. The van der Waals surface area contributed by atoms with Crippen LogP contribution in [0.25, 0.3) is 6.08 Å². The van der Waals surface area contributed by atoms with Crippen LogP contribution in [0, 0.1) is 17.3 Å². The maximum Gasteiger partial charge on any atom is 0.339 e. The Morgan fingerprint density at radius 3 is 2.39 bits per heavy atom. The second-order valence-corrected chi connectivity index (χ2v) is 20.3. The van der Waals surface area contributed by atoms with Crippen LogP contribution in [0.3, 0.4) is 0 Å². The van der Waals surface area contributed by atoms with Gasteiger partial charge in [0.05, 0.1) is 29.9 Å². The number of nitrogens with one attached hydrogen (secondary N) is 2. The maximum atomic E-state index is 14.4. The summed E-state index contributed by atoms with van der Waals surface area (Å²) < 4.78 is 31.4. The first kappa shape index (κ1) is 44.3. The van der Waals surface area contributed by atoms with E-state index in [1.807, 2.05) is 36.4 Å². The number of esters is 2. The number of rotatable bonds is 12. The number of carbonyl (C=O) groups excluding carboxylic acids is 4. The van der Waals surface area contributed by atoms with Crippen LogP contribution in [0.15, 0.2) is 65.8 Å². The molecule has 6 aliphatic rings. The molecule has 2 aliphatic heterocycles. The number of hydrogen-bond acceptors (Lipinski definition) is 10. The standard InChI is InChI=1S/C50H64N2O10/c1-47(2,3)61-43(55)18-16-35(29-53)52-42(54)20-22-51-45(56)34-24-39(44-40(25-34)59-50(62-44)26-32-12-7-8-13-33(32)27-50)58-46(57)36-14-10-9-11-30(36)23-31-15-17-41-49(6,60-41)21-19-38-37(31)28-48(38,4)5/h7-14,23,25,35,37-41,44,53H,15-22,24,26-29H2,1-6H3,(H,51,56)(H,52,54).